The van der Waals surface area contributed by atoms with Gasteiger partial charge in [0, 0.05) is 0 Å². The van der Waals surface area contributed by atoms with Crippen LogP contribution in [0, 0.1) is 6.92 Å². The van der Waals surface area contributed by atoms with Crippen molar-refractivity contribution >= 4 is 25.9 Å². The van der Waals surface area contributed by atoms with Crippen LogP contribution < -0.4 is 4.90 Å². The Morgan fingerprint density at radius 1 is 1.10 bits per heavy atom. The number of nitrogens with zero attached hydrogens (tertiary/aromatic N) is 3. The molecule has 0 bridgehead atoms. The second kappa shape index (κ2) is 4.82. The van der Waals surface area contributed by atoms with E-state index in [1.54, 1.807) is 0 Å². The molecule has 0 saturated heterocycles. The van der Waals surface area contributed by atoms with E-state index >= 15 is 0 Å². The van der Waals surface area contributed by atoms with Crippen LogP contribution in [0.25, 0.3) is 0 Å². The first-order valence-corrected chi connectivity index (χ1v) is 8.53. The number of anilines is 1. The zero-order valence-electron chi connectivity index (χ0n) is 12.2. The number of fused-ring (bicyclic) bond motifs is 2. The van der Waals surface area contributed by atoms with Gasteiger partial charge in [0.15, 0.2) is 0 Å². The summed E-state index contributed by atoms with van der Waals surface area (Å²) in [6, 6.07) is 8.85. The van der Waals surface area contributed by atoms with Crippen LogP contribution in [-0.4, -0.2) is 29.8 Å². The standard InChI is InChI=1S/C17H19N3Se/c1-13-5-7-14(8-6-13)20-16(21)19-12-11-18-15(19)17(20)9-3-2-4-10-17/h5-8,11-12H,2-4,9-10H2,1H3. The third-order valence-electron chi connectivity index (χ3n) is 4.86. The number of rotatable bonds is 1. The summed E-state index contributed by atoms with van der Waals surface area (Å²) in [5, 5.41) is 0. The fourth-order valence-electron chi connectivity index (χ4n) is 3.83. The average Bonchev–Trinajstić information content (AvgIpc) is 3.06. The second-order valence-electron chi connectivity index (χ2n) is 6.17. The third-order valence-corrected chi connectivity index (χ3v) is 5.65. The SMILES string of the molecule is Cc1ccc(N2C(=[Se])n3ccnc3C23CCCCC3)cc1. The summed E-state index contributed by atoms with van der Waals surface area (Å²) in [5.74, 6) is 1.21. The van der Waals surface area contributed by atoms with Crippen molar-refractivity contribution in [1.82, 2.24) is 9.55 Å². The van der Waals surface area contributed by atoms with Crippen LogP contribution in [0.15, 0.2) is 36.7 Å². The molecule has 1 spiro atoms. The van der Waals surface area contributed by atoms with Crippen LogP contribution >= 0.6 is 0 Å². The van der Waals surface area contributed by atoms with Crippen molar-refractivity contribution in [2.45, 2.75) is 44.6 Å². The number of hydrogen-bond acceptors (Lipinski definition) is 2. The van der Waals surface area contributed by atoms with Crippen molar-refractivity contribution in [2.24, 2.45) is 0 Å². The number of benzene rings is 1. The Balaban J connectivity index is 1.87. The summed E-state index contributed by atoms with van der Waals surface area (Å²) in [7, 11) is 0. The molecule has 1 aromatic carbocycles. The molecule has 2 aliphatic rings. The Labute approximate surface area is 133 Å². The number of aromatic nitrogens is 2. The summed E-state index contributed by atoms with van der Waals surface area (Å²) in [4.78, 5) is 7.18. The van der Waals surface area contributed by atoms with Gasteiger partial charge < -0.3 is 0 Å². The van der Waals surface area contributed by atoms with Crippen molar-refractivity contribution < 1.29 is 0 Å². The van der Waals surface area contributed by atoms with Crippen LogP contribution in [0.1, 0.15) is 43.5 Å². The minimum absolute atomic E-state index is 0.0393. The van der Waals surface area contributed by atoms with Gasteiger partial charge in [0.1, 0.15) is 0 Å². The van der Waals surface area contributed by atoms with Crippen LogP contribution in [0.2, 0.25) is 0 Å². The van der Waals surface area contributed by atoms with Gasteiger partial charge in [0.2, 0.25) is 0 Å². The van der Waals surface area contributed by atoms with Gasteiger partial charge in [-0.25, -0.2) is 0 Å². The maximum absolute atomic E-state index is 4.70. The van der Waals surface area contributed by atoms with Crippen LogP contribution in [-0.2, 0) is 5.54 Å². The summed E-state index contributed by atoms with van der Waals surface area (Å²) in [6.45, 7) is 2.14. The van der Waals surface area contributed by atoms with Crippen molar-refractivity contribution in [3.05, 3.63) is 48.0 Å². The molecular weight excluding hydrogens is 325 g/mol. The first-order valence-electron chi connectivity index (χ1n) is 7.67. The van der Waals surface area contributed by atoms with Crippen LogP contribution in [0.3, 0.4) is 0 Å². The number of imidazole rings is 1. The molecule has 0 radical (unpaired) electrons. The topological polar surface area (TPSA) is 21.1 Å². The van der Waals surface area contributed by atoms with Gasteiger partial charge in [0.05, 0.1) is 0 Å². The predicted octanol–water partition coefficient (Wildman–Crippen LogP) is 2.98. The molecule has 3 nitrogen and oxygen atoms in total. The molecule has 0 N–H and O–H groups in total. The quantitative estimate of drug-likeness (QED) is 0.742. The molecule has 21 heavy (non-hydrogen) atoms. The van der Waals surface area contributed by atoms with Gasteiger partial charge in [-0.15, -0.1) is 0 Å². The fourth-order valence-corrected chi connectivity index (χ4v) is 4.73. The second-order valence-corrected chi connectivity index (χ2v) is 6.93. The molecule has 1 fully saturated rings. The Hall–Kier alpha value is -1.38. The number of aryl methyl sites for hydroxylation is 1. The van der Waals surface area contributed by atoms with Gasteiger partial charge in [-0.3, -0.25) is 0 Å². The molecule has 4 heteroatoms. The third kappa shape index (κ3) is 1.86. The molecule has 4 rings (SSSR count). The summed E-state index contributed by atoms with van der Waals surface area (Å²) < 4.78 is 3.39. The fraction of sp³-hybridized carbons (Fsp3) is 0.412. The van der Waals surface area contributed by atoms with E-state index in [1.807, 2.05) is 6.20 Å². The van der Waals surface area contributed by atoms with E-state index in [9.17, 15) is 0 Å². The van der Waals surface area contributed by atoms with Gasteiger partial charge in [-0.2, -0.15) is 0 Å². The molecule has 0 unspecified atom stereocenters. The van der Waals surface area contributed by atoms with Crippen LogP contribution in [0.5, 0.6) is 0 Å². The normalized spacial score (nSPS) is 20.0. The summed E-state index contributed by atoms with van der Waals surface area (Å²) in [6.07, 6.45) is 10.3. The Morgan fingerprint density at radius 3 is 2.52 bits per heavy atom. The number of hydrogen-bond donors (Lipinski definition) is 0. The van der Waals surface area contributed by atoms with Crippen molar-refractivity contribution in [2.75, 3.05) is 4.90 Å². The predicted molar refractivity (Wildman–Crippen MR) is 86.8 cm³/mol. The molecule has 2 aromatic rings. The minimum atomic E-state index is 0.0393. The molecule has 1 aliphatic heterocycles. The van der Waals surface area contributed by atoms with E-state index in [0.717, 1.165) is 4.67 Å². The zero-order chi connectivity index (χ0) is 14.4. The molecule has 1 saturated carbocycles. The summed E-state index contributed by atoms with van der Waals surface area (Å²) >= 11 is 3.28. The Morgan fingerprint density at radius 2 is 1.81 bits per heavy atom. The first kappa shape index (κ1) is 13.3. The van der Waals surface area contributed by atoms with Crippen molar-refractivity contribution in [1.29, 1.82) is 0 Å². The molecule has 1 aromatic heterocycles. The average molecular weight is 344 g/mol. The van der Waals surface area contributed by atoms with E-state index in [0.29, 0.717) is 0 Å². The Kier molecular flexibility index (Phi) is 3.05. The maximum atomic E-state index is 4.70. The van der Waals surface area contributed by atoms with Gasteiger partial charge in [0.25, 0.3) is 0 Å². The van der Waals surface area contributed by atoms with Crippen LogP contribution in [0.4, 0.5) is 5.69 Å². The van der Waals surface area contributed by atoms with Crippen molar-refractivity contribution in [3.63, 3.8) is 0 Å². The molecule has 108 valence electrons. The van der Waals surface area contributed by atoms with E-state index in [-0.39, 0.29) is 5.54 Å². The summed E-state index contributed by atoms with van der Waals surface area (Å²) in [5.41, 5.74) is 2.61. The first-order chi connectivity index (χ1) is 10.2. The van der Waals surface area contributed by atoms with E-state index in [1.165, 1.54) is 49.2 Å². The molecule has 1 aliphatic carbocycles. The van der Waals surface area contributed by atoms with Gasteiger partial charge in [-0.05, 0) is 0 Å². The van der Waals surface area contributed by atoms with Gasteiger partial charge >= 0.3 is 133 Å². The molecule has 0 amide bonds. The van der Waals surface area contributed by atoms with E-state index < -0.39 is 0 Å². The molecule has 2 heterocycles. The van der Waals surface area contributed by atoms with Gasteiger partial charge in [-0.1, -0.05) is 0 Å². The molecular formula is C17H19N3Se. The van der Waals surface area contributed by atoms with E-state index in [2.05, 4.69) is 62.4 Å². The molecule has 0 atom stereocenters. The van der Waals surface area contributed by atoms with E-state index in [4.69, 9.17) is 4.98 Å². The Bertz CT molecular complexity index is 680. The monoisotopic (exact) mass is 345 g/mol. The zero-order valence-corrected chi connectivity index (χ0v) is 14.0. The van der Waals surface area contributed by atoms with Crippen molar-refractivity contribution in [3.8, 4) is 0 Å².